The lowest BCUT2D eigenvalue weighted by molar-refractivity contribution is 1.32. The zero-order valence-electron chi connectivity index (χ0n) is 5.82. The summed E-state index contributed by atoms with van der Waals surface area (Å²) in [6.07, 6.45) is 7.68. The molecule has 52 valence electrons. The third kappa shape index (κ3) is 2.23. The van der Waals surface area contributed by atoms with Crippen LogP contribution in [0.5, 0.6) is 0 Å². The van der Waals surface area contributed by atoms with Crippen molar-refractivity contribution in [3.63, 3.8) is 0 Å². The van der Waals surface area contributed by atoms with Gasteiger partial charge in [0.15, 0.2) is 0 Å². The normalized spacial score (nSPS) is 10.5. The first-order valence-electron chi connectivity index (χ1n) is 3.03. The molecule has 0 fully saturated rings. The molecule has 1 aromatic heterocycles. The van der Waals surface area contributed by atoms with Crippen LogP contribution in [0.15, 0.2) is 29.9 Å². The molecule has 0 saturated heterocycles. The molecular weight excluding hydrogens is 142 g/mol. The molecule has 0 atom stereocenters. The van der Waals surface area contributed by atoms with Crippen LogP contribution in [-0.2, 0) is 0 Å². The lowest BCUT2D eigenvalue weighted by atomic mass is 10.3. The van der Waals surface area contributed by atoms with E-state index < -0.39 is 0 Å². The van der Waals surface area contributed by atoms with Crippen molar-refractivity contribution in [3.05, 3.63) is 35.5 Å². The molecule has 0 bridgehead atoms. The SMILES string of the molecule is CSC=Cc1ccncc1. The van der Waals surface area contributed by atoms with Gasteiger partial charge in [-0.3, -0.25) is 4.98 Å². The van der Waals surface area contributed by atoms with Crippen molar-refractivity contribution < 1.29 is 0 Å². The summed E-state index contributed by atoms with van der Waals surface area (Å²) in [4.78, 5) is 3.91. The molecular formula is C8H9NS. The molecule has 1 nitrogen and oxygen atoms in total. The number of hydrogen-bond acceptors (Lipinski definition) is 2. The molecule has 0 N–H and O–H groups in total. The monoisotopic (exact) mass is 151 g/mol. The Morgan fingerprint density at radius 1 is 1.40 bits per heavy atom. The van der Waals surface area contributed by atoms with Gasteiger partial charge in [0.1, 0.15) is 0 Å². The van der Waals surface area contributed by atoms with Gasteiger partial charge >= 0.3 is 0 Å². The van der Waals surface area contributed by atoms with Gasteiger partial charge in [-0.1, -0.05) is 0 Å². The Bertz CT molecular complexity index is 206. The molecule has 1 heterocycles. The number of nitrogens with zero attached hydrogens (tertiary/aromatic N) is 1. The van der Waals surface area contributed by atoms with Crippen molar-refractivity contribution in [1.82, 2.24) is 4.98 Å². The van der Waals surface area contributed by atoms with Gasteiger partial charge in [-0.05, 0) is 35.4 Å². The highest BCUT2D eigenvalue weighted by atomic mass is 32.2. The molecule has 2 heteroatoms. The molecule has 0 spiro atoms. The number of pyridine rings is 1. The van der Waals surface area contributed by atoms with E-state index >= 15 is 0 Å². The summed E-state index contributed by atoms with van der Waals surface area (Å²) >= 11 is 1.70. The fourth-order valence-corrected chi connectivity index (χ4v) is 0.914. The highest BCUT2D eigenvalue weighted by Crippen LogP contribution is 2.03. The summed E-state index contributed by atoms with van der Waals surface area (Å²) in [7, 11) is 0. The van der Waals surface area contributed by atoms with Crippen molar-refractivity contribution in [2.24, 2.45) is 0 Å². The second kappa shape index (κ2) is 4.12. The summed E-state index contributed by atoms with van der Waals surface area (Å²) in [5, 5.41) is 2.05. The Morgan fingerprint density at radius 3 is 2.70 bits per heavy atom. The number of rotatable bonds is 2. The van der Waals surface area contributed by atoms with Crippen molar-refractivity contribution in [3.8, 4) is 0 Å². The van der Waals surface area contributed by atoms with Gasteiger partial charge in [0.2, 0.25) is 0 Å². The smallest absolute Gasteiger partial charge is 0.0273 e. The van der Waals surface area contributed by atoms with Crippen LogP contribution in [0.3, 0.4) is 0 Å². The Hall–Kier alpha value is -0.760. The van der Waals surface area contributed by atoms with Crippen molar-refractivity contribution in [2.45, 2.75) is 0 Å². The number of hydrogen-bond donors (Lipinski definition) is 0. The van der Waals surface area contributed by atoms with Crippen molar-refractivity contribution in [1.29, 1.82) is 0 Å². The minimum Gasteiger partial charge on any atom is -0.265 e. The average Bonchev–Trinajstić information content (AvgIpc) is 2.03. The first-order chi connectivity index (χ1) is 4.93. The summed E-state index contributed by atoms with van der Waals surface area (Å²) in [5.74, 6) is 0. The lowest BCUT2D eigenvalue weighted by Gasteiger charge is -1.87. The molecule has 0 saturated carbocycles. The van der Waals surface area contributed by atoms with Gasteiger partial charge in [-0.15, -0.1) is 11.8 Å². The Morgan fingerprint density at radius 2 is 2.10 bits per heavy atom. The zero-order chi connectivity index (χ0) is 7.23. The van der Waals surface area contributed by atoms with Crippen LogP contribution in [0.4, 0.5) is 0 Å². The Balaban J connectivity index is 2.67. The molecule has 0 radical (unpaired) electrons. The van der Waals surface area contributed by atoms with Gasteiger partial charge in [0, 0.05) is 12.4 Å². The van der Waals surface area contributed by atoms with Gasteiger partial charge in [0.25, 0.3) is 0 Å². The summed E-state index contributed by atoms with van der Waals surface area (Å²) in [5.41, 5.74) is 1.20. The van der Waals surface area contributed by atoms with Crippen LogP contribution < -0.4 is 0 Å². The standard InChI is InChI=1S/C8H9NS/c1-10-7-4-8-2-5-9-6-3-8/h2-7H,1H3. The molecule has 0 aliphatic rings. The van der Waals surface area contributed by atoms with E-state index in [-0.39, 0.29) is 0 Å². The van der Waals surface area contributed by atoms with Gasteiger partial charge in [-0.2, -0.15) is 0 Å². The van der Waals surface area contributed by atoms with Crippen molar-refractivity contribution >= 4 is 17.8 Å². The maximum absolute atomic E-state index is 3.91. The Labute approximate surface area is 65.2 Å². The van der Waals surface area contributed by atoms with Crippen LogP contribution >= 0.6 is 11.8 Å². The first-order valence-corrected chi connectivity index (χ1v) is 4.31. The van der Waals surface area contributed by atoms with E-state index in [1.807, 2.05) is 18.4 Å². The van der Waals surface area contributed by atoms with Crippen LogP contribution in [0.1, 0.15) is 5.56 Å². The summed E-state index contributed by atoms with van der Waals surface area (Å²) in [6.45, 7) is 0. The van der Waals surface area contributed by atoms with Crippen molar-refractivity contribution in [2.75, 3.05) is 6.26 Å². The summed E-state index contributed by atoms with van der Waals surface area (Å²) < 4.78 is 0. The molecule has 1 aromatic rings. The van der Waals surface area contributed by atoms with E-state index in [0.29, 0.717) is 0 Å². The predicted octanol–water partition coefficient (Wildman–Crippen LogP) is 2.42. The molecule has 0 aliphatic heterocycles. The second-order valence-corrected chi connectivity index (χ2v) is 2.56. The highest BCUT2D eigenvalue weighted by molar-refractivity contribution is 8.01. The first kappa shape index (κ1) is 7.35. The van der Waals surface area contributed by atoms with Gasteiger partial charge < -0.3 is 0 Å². The highest BCUT2D eigenvalue weighted by Gasteiger charge is 1.79. The number of aromatic nitrogens is 1. The second-order valence-electron chi connectivity index (χ2n) is 1.82. The molecule has 0 aliphatic carbocycles. The molecule has 0 amide bonds. The van der Waals surface area contributed by atoms with Crippen LogP contribution in [0, 0.1) is 0 Å². The lowest BCUT2D eigenvalue weighted by Crippen LogP contribution is -1.70. The Kier molecular flexibility index (Phi) is 3.03. The van der Waals surface area contributed by atoms with E-state index in [1.165, 1.54) is 5.56 Å². The molecule has 1 rings (SSSR count). The van der Waals surface area contributed by atoms with Gasteiger partial charge in [-0.25, -0.2) is 0 Å². The number of thioether (sulfide) groups is 1. The predicted molar refractivity (Wildman–Crippen MR) is 46.8 cm³/mol. The molecule has 0 unspecified atom stereocenters. The fraction of sp³-hybridized carbons (Fsp3) is 0.125. The maximum Gasteiger partial charge on any atom is 0.0273 e. The topological polar surface area (TPSA) is 12.9 Å². The van der Waals surface area contributed by atoms with Gasteiger partial charge in [0.05, 0.1) is 0 Å². The minimum atomic E-state index is 1.20. The fourth-order valence-electron chi connectivity index (χ4n) is 0.621. The van der Waals surface area contributed by atoms with E-state index in [4.69, 9.17) is 0 Å². The zero-order valence-corrected chi connectivity index (χ0v) is 6.64. The maximum atomic E-state index is 3.91. The quantitative estimate of drug-likeness (QED) is 0.643. The third-order valence-electron chi connectivity index (χ3n) is 1.10. The molecule has 10 heavy (non-hydrogen) atoms. The molecule has 0 aromatic carbocycles. The largest absolute Gasteiger partial charge is 0.265 e. The van der Waals surface area contributed by atoms with Crippen LogP contribution in [0.25, 0.3) is 6.08 Å². The summed E-state index contributed by atoms with van der Waals surface area (Å²) in [6, 6.07) is 3.96. The van der Waals surface area contributed by atoms with Crippen LogP contribution in [0.2, 0.25) is 0 Å². The average molecular weight is 151 g/mol. The minimum absolute atomic E-state index is 1.20. The van der Waals surface area contributed by atoms with E-state index in [1.54, 1.807) is 24.2 Å². The van der Waals surface area contributed by atoms with Crippen LogP contribution in [-0.4, -0.2) is 11.2 Å². The van der Waals surface area contributed by atoms with E-state index in [2.05, 4.69) is 16.5 Å². The third-order valence-corrected chi connectivity index (χ3v) is 1.51. The van der Waals surface area contributed by atoms with E-state index in [0.717, 1.165) is 0 Å². The van der Waals surface area contributed by atoms with E-state index in [9.17, 15) is 0 Å².